The van der Waals surface area contributed by atoms with Crippen molar-refractivity contribution >= 4 is 25.3 Å². The van der Waals surface area contributed by atoms with E-state index in [4.69, 9.17) is 14.0 Å². The predicted octanol–water partition coefficient (Wildman–Crippen LogP) is 2.03. The van der Waals surface area contributed by atoms with E-state index in [-0.39, 0.29) is 24.2 Å². The van der Waals surface area contributed by atoms with Gasteiger partial charge in [0, 0.05) is 26.1 Å². The topological polar surface area (TPSA) is 79.7 Å². The summed E-state index contributed by atoms with van der Waals surface area (Å²) >= 11 is 3.81. The molecule has 7 nitrogen and oxygen atoms in total. The van der Waals surface area contributed by atoms with Crippen LogP contribution in [-0.2, 0) is 18.6 Å². The fourth-order valence-electron chi connectivity index (χ4n) is 2.50. The fourth-order valence-corrected chi connectivity index (χ4v) is 3.41. The van der Waals surface area contributed by atoms with Gasteiger partial charge in [-0.3, -0.25) is 9.36 Å². The molecule has 1 saturated heterocycles. The number of ether oxygens (including phenoxy) is 2. The van der Waals surface area contributed by atoms with Gasteiger partial charge in [0.25, 0.3) is 0 Å². The summed E-state index contributed by atoms with van der Waals surface area (Å²) in [5.74, 6) is -0.0918. The molecule has 2 unspecified atom stereocenters. The molecular weight excluding hydrogens is 315 g/mol. The number of imidazole rings is 1. The summed E-state index contributed by atoms with van der Waals surface area (Å²) in [6.45, 7) is 3.62. The first-order valence-electron chi connectivity index (χ1n) is 6.52. The number of carbonyl (C=O) groups excluding carboxylic acids is 1. The van der Waals surface area contributed by atoms with Crippen LogP contribution in [0.5, 0.6) is 0 Å². The molecule has 2 rings (SSSR count). The first-order chi connectivity index (χ1) is 9.93. The Balaban J connectivity index is 2.18. The second-order valence-electron chi connectivity index (χ2n) is 4.88. The summed E-state index contributed by atoms with van der Waals surface area (Å²) in [6.07, 6.45) is 1.06. The van der Waals surface area contributed by atoms with Gasteiger partial charge in [-0.25, -0.2) is 4.98 Å². The molecule has 118 valence electrons. The first-order valence-corrected chi connectivity index (χ1v) is 9.13. The standard InChI is InChI=1S/C12H19N2O5PS/c1-7-12(8(2)15)13-6-14(7)11-4-9(19-20(16)21)10(18-11)5-17-3/h6,9-11,20H,4-5H2,1-3H3,(H,16,21)/t9?,10-,11-/m1/s1. The quantitative estimate of drug-likeness (QED) is 0.487. The second-order valence-corrected chi connectivity index (χ2v) is 6.75. The summed E-state index contributed by atoms with van der Waals surface area (Å²) in [5, 5.41) is 0. The average Bonchev–Trinajstić information content (AvgIpc) is 2.93. The van der Waals surface area contributed by atoms with E-state index in [1.165, 1.54) is 6.92 Å². The predicted molar refractivity (Wildman–Crippen MR) is 80.2 cm³/mol. The van der Waals surface area contributed by atoms with E-state index >= 15 is 0 Å². The number of hydrogen-bond donors (Lipinski definition) is 1. The third-order valence-electron chi connectivity index (χ3n) is 3.45. The molecule has 0 amide bonds. The van der Waals surface area contributed by atoms with Crippen molar-refractivity contribution in [3.63, 3.8) is 0 Å². The Labute approximate surface area is 129 Å². The normalized spacial score (nSPS) is 27.0. The van der Waals surface area contributed by atoms with E-state index in [2.05, 4.69) is 17.2 Å². The fraction of sp³-hybridized carbons (Fsp3) is 0.667. The zero-order valence-electron chi connectivity index (χ0n) is 12.1. The van der Waals surface area contributed by atoms with Crippen LogP contribution < -0.4 is 0 Å². The van der Waals surface area contributed by atoms with Crippen molar-refractivity contribution in [2.45, 2.75) is 38.7 Å². The van der Waals surface area contributed by atoms with Crippen molar-refractivity contribution in [3.05, 3.63) is 17.7 Å². The summed E-state index contributed by atoms with van der Waals surface area (Å²) in [6, 6.07) is 0. The lowest BCUT2D eigenvalue weighted by atomic mass is 10.2. The van der Waals surface area contributed by atoms with Gasteiger partial charge in [0.05, 0.1) is 19.0 Å². The third kappa shape index (κ3) is 3.76. The lowest BCUT2D eigenvalue weighted by Crippen LogP contribution is -2.26. The largest absolute Gasteiger partial charge is 0.382 e. The molecule has 4 atom stereocenters. The number of ketones is 1. The maximum Gasteiger partial charge on any atom is 0.243 e. The molecule has 1 aromatic rings. The van der Waals surface area contributed by atoms with Crippen molar-refractivity contribution in [2.24, 2.45) is 0 Å². The molecule has 0 bridgehead atoms. The molecule has 0 aliphatic carbocycles. The van der Waals surface area contributed by atoms with Crippen LogP contribution in [0.25, 0.3) is 0 Å². The molecule has 0 radical (unpaired) electrons. The van der Waals surface area contributed by atoms with Gasteiger partial charge in [0.1, 0.15) is 18.0 Å². The minimum absolute atomic E-state index is 0.0918. The molecule has 0 N–H and O–H groups in total. The summed E-state index contributed by atoms with van der Waals surface area (Å²) < 4.78 is 29.3. The van der Waals surface area contributed by atoms with E-state index in [0.29, 0.717) is 18.7 Å². The van der Waals surface area contributed by atoms with Gasteiger partial charge in [-0.15, -0.1) is 0 Å². The first kappa shape index (κ1) is 16.7. The van der Waals surface area contributed by atoms with Crippen LogP contribution in [0.3, 0.4) is 0 Å². The molecule has 0 saturated carbocycles. The van der Waals surface area contributed by atoms with Gasteiger partial charge in [-0.2, -0.15) is 0 Å². The zero-order valence-corrected chi connectivity index (χ0v) is 14.0. The van der Waals surface area contributed by atoms with E-state index in [1.807, 2.05) is 6.92 Å². The Hall–Kier alpha value is -0.660. The van der Waals surface area contributed by atoms with Crippen molar-refractivity contribution in [3.8, 4) is 0 Å². The smallest absolute Gasteiger partial charge is 0.243 e. The number of Topliss-reactive ketones (excluding diaryl/α,β-unsaturated/α-hetero) is 1. The maximum atomic E-state index is 11.5. The number of aromatic nitrogens is 2. The van der Waals surface area contributed by atoms with E-state index in [1.54, 1.807) is 18.0 Å². The molecular formula is C12H19N2O5PS. The van der Waals surface area contributed by atoms with Gasteiger partial charge in [-0.1, -0.05) is 12.2 Å². The monoisotopic (exact) mass is 334 g/mol. The van der Waals surface area contributed by atoms with Gasteiger partial charge in [0.2, 0.25) is 7.23 Å². The van der Waals surface area contributed by atoms with E-state index in [9.17, 15) is 9.36 Å². The van der Waals surface area contributed by atoms with Gasteiger partial charge in [0.15, 0.2) is 5.78 Å². The van der Waals surface area contributed by atoms with E-state index in [0.717, 1.165) is 5.69 Å². The van der Waals surface area contributed by atoms with Crippen molar-refractivity contribution < 1.29 is 23.4 Å². The average molecular weight is 334 g/mol. The van der Waals surface area contributed by atoms with Crippen LogP contribution in [0.15, 0.2) is 6.33 Å². The van der Waals surface area contributed by atoms with Crippen LogP contribution in [0, 0.1) is 6.92 Å². The van der Waals surface area contributed by atoms with Crippen LogP contribution >= 0.6 is 19.5 Å². The number of nitrogens with zero attached hydrogens (tertiary/aromatic N) is 2. The number of thiol groups is 1. The van der Waals surface area contributed by atoms with Crippen LogP contribution in [-0.4, -0.2) is 41.3 Å². The Bertz CT molecular complexity index is 550. The van der Waals surface area contributed by atoms with Crippen LogP contribution in [0.4, 0.5) is 0 Å². The molecule has 1 fully saturated rings. The number of carbonyl (C=O) groups is 1. The Morgan fingerprint density at radius 3 is 2.90 bits per heavy atom. The number of hydrogen-bond acceptors (Lipinski definition) is 6. The summed E-state index contributed by atoms with van der Waals surface area (Å²) in [7, 11) is -0.797. The van der Waals surface area contributed by atoms with Crippen molar-refractivity contribution in [1.29, 1.82) is 0 Å². The Morgan fingerprint density at radius 1 is 1.67 bits per heavy atom. The third-order valence-corrected chi connectivity index (χ3v) is 4.27. The summed E-state index contributed by atoms with van der Waals surface area (Å²) in [5.41, 5.74) is 1.16. The lowest BCUT2D eigenvalue weighted by Gasteiger charge is -2.17. The van der Waals surface area contributed by atoms with Gasteiger partial charge >= 0.3 is 0 Å². The Kier molecular flexibility index (Phi) is 5.62. The van der Waals surface area contributed by atoms with E-state index < -0.39 is 7.23 Å². The minimum atomic E-state index is -2.36. The Morgan fingerprint density at radius 2 is 2.38 bits per heavy atom. The molecule has 1 aliphatic rings. The number of rotatable bonds is 6. The molecule has 1 aliphatic heterocycles. The zero-order chi connectivity index (χ0) is 15.6. The van der Waals surface area contributed by atoms with Crippen LogP contribution in [0.1, 0.15) is 35.8 Å². The molecule has 0 aromatic carbocycles. The highest BCUT2D eigenvalue weighted by molar-refractivity contribution is 8.39. The summed E-state index contributed by atoms with van der Waals surface area (Å²) in [4.78, 5) is 15.6. The van der Waals surface area contributed by atoms with Gasteiger partial charge < -0.3 is 18.6 Å². The highest BCUT2D eigenvalue weighted by atomic mass is 32.7. The maximum absolute atomic E-state index is 11.5. The molecule has 9 heteroatoms. The van der Waals surface area contributed by atoms with Crippen molar-refractivity contribution in [1.82, 2.24) is 9.55 Å². The van der Waals surface area contributed by atoms with Gasteiger partial charge in [-0.05, 0) is 6.92 Å². The molecule has 21 heavy (non-hydrogen) atoms. The van der Waals surface area contributed by atoms with Crippen LogP contribution in [0.2, 0.25) is 0 Å². The highest BCUT2D eigenvalue weighted by Crippen LogP contribution is 2.39. The molecule has 1 aromatic heterocycles. The number of methoxy groups -OCH3 is 1. The highest BCUT2D eigenvalue weighted by Gasteiger charge is 2.38. The minimum Gasteiger partial charge on any atom is -0.382 e. The SMILES string of the molecule is COC[C@H]1O[C@@H](n2cnc(C(C)=O)c2C)CC1O[PH](=O)S. The molecule has 0 spiro atoms. The lowest BCUT2D eigenvalue weighted by molar-refractivity contribution is -0.0489. The van der Waals surface area contributed by atoms with Crippen molar-refractivity contribution in [2.75, 3.05) is 13.7 Å². The second kappa shape index (κ2) is 7.07. The molecule has 2 heterocycles.